The lowest BCUT2D eigenvalue weighted by atomic mass is 9.94. The van der Waals surface area contributed by atoms with Crippen LogP contribution in [0.3, 0.4) is 0 Å². The van der Waals surface area contributed by atoms with Gasteiger partial charge in [-0.25, -0.2) is 4.79 Å². The number of carboxylic acids is 1. The summed E-state index contributed by atoms with van der Waals surface area (Å²) in [6.07, 6.45) is 1.94. The van der Waals surface area contributed by atoms with Crippen LogP contribution in [0.2, 0.25) is 0 Å². The first kappa shape index (κ1) is 15.8. The third-order valence-corrected chi connectivity index (χ3v) is 3.48. The fourth-order valence-electron chi connectivity index (χ4n) is 1.91. The van der Waals surface area contributed by atoms with Crippen molar-refractivity contribution >= 4 is 12.0 Å². The topological polar surface area (TPSA) is 78.9 Å². The van der Waals surface area contributed by atoms with Crippen LogP contribution < -0.4 is 5.32 Å². The SMILES string of the molecule is CN(CC1CCOCC1)C(=O)NCC(C)(C)C(=O)O. The number of aliphatic carboxylic acids is 1. The van der Waals surface area contributed by atoms with E-state index in [1.54, 1.807) is 25.8 Å². The lowest BCUT2D eigenvalue weighted by Crippen LogP contribution is -2.45. The van der Waals surface area contributed by atoms with Crippen LogP contribution in [0.25, 0.3) is 0 Å². The zero-order valence-corrected chi connectivity index (χ0v) is 11.9. The highest BCUT2D eigenvalue weighted by Gasteiger charge is 2.28. The van der Waals surface area contributed by atoms with Gasteiger partial charge in [0.15, 0.2) is 0 Å². The van der Waals surface area contributed by atoms with Crippen molar-refractivity contribution in [2.75, 3.05) is 33.4 Å². The molecule has 2 amide bonds. The molecule has 6 heteroatoms. The van der Waals surface area contributed by atoms with Crippen molar-refractivity contribution in [1.29, 1.82) is 0 Å². The Hall–Kier alpha value is -1.30. The second-order valence-corrected chi connectivity index (χ2v) is 5.78. The molecule has 0 aliphatic carbocycles. The molecular weight excluding hydrogens is 248 g/mol. The summed E-state index contributed by atoms with van der Waals surface area (Å²) in [5, 5.41) is 11.6. The highest BCUT2D eigenvalue weighted by Crippen LogP contribution is 2.16. The van der Waals surface area contributed by atoms with Crippen molar-refractivity contribution in [2.45, 2.75) is 26.7 Å². The molecule has 0 bridgehead atoms. The molecule has 0 aromatic heterocycles. The van der Waals surface area contributed by atoms with E-state index >= 15 is 0 Å². The van der Waals surface area contributed by atoms with E-state index in [0.29, 0.717) is 12.5 Å². The Morgan fingerprint density at radius 3 is 2.47 bits per heavy atom. The van der Waals surface area contributed by atoms with E-state index in [1.165, 1.54) is 0 Å². The Bertz CT molecular complexity index is 325. The second kappa shape index (κ2) is 6.75. The summed E-state index contributed by atoms with van der Waals surface area (Å²) in [4.78, 5) is 24.4. The summed E-state index contributed by atoms with van der Waals surface area (Å²) in [6, 6.07) is -0.221. The maximum atomic E-state index is 11.9. The van der Waals surface area contributed by atoms with Crippen molar-refractivity contribution in [3.63, 3.8) is 0 Å². The zero-order valence-electron chi connectivity index (χ0n) is 11.9. The fraction of sp³-hybridized carbons (Fsp3) is 0.846. The predicted octanol–water partition coefficient (Wildman–Crippen LogP) is 1.17. The van der Waals surface area contributed by atoms with E-state index in [4.69, 9.17) is 9.84 Å². The lowest BCUT2D eigenvalue weighted by Gasteiger charge is -2.28. The Morgan fingerprint density at radius 1 is 1.37 bits per heavy atom. The van der Waals surface area contributed by atoms with Crippen LogP contribution >= 0.6 is 0 Å². The first-order valence-corrected chi connectivity index (χ1v) is 6.63. The van der Waals surface area contributed by atoms with Crippen molar-refractivity contribution in [3.8, 4) is 0 Å². The number of ether oxygens (including phenoxy) is 1. The predicted molar refractivity (Wildman–Crippen MR) is 71.0 cm³/mol. The molecule has 0 aromatic carbocycles. The third-order valence-electron chi connectivity index (χ3n) is 3.48. The van der Waals surface area contributed by atoms with E-state index < -0.39 is 11.4 Å². The van der Waals surface area contributed by atoms with Gasteiger partial charge in [0.25, 0.3) is 0 Å². The number of amides is 2. The molecule has 19 heavy (non-hydrogen) atoms. The minimum atomic E-state index is -0.949. The van der Waals surface area contributed by atoms with E-state index in [-0.39, 0.29) is 12.6 Å². The molecule has 1 aliphatic rings. The molecule has 0 aromatic rings. The van der Waals surface area contributed by atoms with Gasteiger partial charge < -0.3 is 20.1 Å². The van der Waals surface area contributed by atoms with Crippen LogP contribution in [0.5, 0.6) is 0 Å². The number of hydrogen-bond donors (Lipinski definition) is 2. The van der Waals surface area contributed by atoms with Crippen molar-refractivity contribution in [1.82, 2.24) is 10.2 Å². The van der Waals surface area contributed by atoms with Gasteiger partial charge in [0, 0.05) is 33.4 Å². The molecule has 1 fully saturated rings. The molecule has 1 rings (SSSR count). The monoisotopic (exact) mass is 272 g/mol. The summed E-state index contributed by atoms with van der Waals surface area (Å²) >= 11 is 0. The third kappa shape index (κ3) is 5.06. The number of carboxylic acid groups (broad SMARTS) is 1. The summed E-state index contributed by atoms with van der Waals surface area (Å²) in [6.45, 7) is 5.50. The summed E-state index contributed by atoms with van der Waals surface area (Å²) in [5.74, 6) is -0.447. The Morgan fingerprint density at radius 2 is 1.95 bits per heavy atom. The maximum Gasteiger partial charge on any atom is 0.317 e. The van der Waals surface area contributed by atoms with Gasteiger partial charge in [-0.15, -0.1) is 0 Å². The van der Waals surface area contributed by atoms with E-state index in [0.717, 1.165) is 26.1 Å². The van der Waals surface area contributed by atoms with E-state index in [2.05, 4.69) is 5.32 Å². The molecule has 6 nitrogen and oxygen atoms in total. The number of urea groups is 1. The van der Waals surface area contributed by atoms with Crippen LogP contribution in [0.4, 0.5) is 4.79 Å². The smallest absolute Gasteiger partial charge is 0.317 e. The molecule has 110 valence electrons. The van der Waals surface area contributed by atoms with Crippen molar-refractivity contribution in [3.05, 3.63) is 0 Å². The van der Waals surface area contributed by atoms with Crippen molar-refractivity contribution < 1.29 is 19.4 Å². The first-order chi connectivity index (χ1) is 8.83. The minimum absolute atomic E-state index is 0.124. The molecule has 0 spiro atoms. The highest BCUT2D eigenvalue weighted by molar-refractivity contribution is 5.77. The number of nitrogens with zero attached hydrogens (tertiary/aromatic N) is 1. The van der Waals surface area contributed by atoms with Gasteiger partial charge in [-0.05, 0) is 32.6 Å². The first-order valence-electron chi connectivity index (χ1n) is 6.63. The summed E-state index contributed by atoms with van der Waals surface area (Å²) < 4.78 is 5.28. The summed E-state index contributed by atoms with van der Waals surface area (Å²) in [5.41, 5.74) is -0.949. The molecule has 0 radical (unpaired) electrons. The van der Waals surface area contributed by atoms with Crippen molar-refractivity contribution in [2.24, 2.45) is 11.3 Å². The van der Waals surface area contributed by atoms with Crippen LogP contribution in [-0.2, 0) is 9.53 Å². The Kier molecular flexibility index (Phi) is 5.60. The van der Waals surface area contributed by atoms with Gasteiger partial charge in [-0.3, -0.25) is 4.79 Å². The number of carbonyl (C=O) groups is 2. The maximum absolute atomic E-state index is 11.9. The average molecular weight is 272 g/mol. The van der Waals surface area contributed by atoms with Gasteiger partial charge in [0.1, 0.15) is 0 Å². The van der Waals surface area contributed by atoms with Crippen LogP contribution in [0.1, 0.15) is 26.7 Å². The highest BCUT2D eigenvalue weighted by atomic mass is 16.5. The molecule has 0 unspecified atom stereocenters. The van der Waals surface area contributed by atoms with Gasteiger partial charge in [0.05, 0.1) is 5.41 Å². The number of nitrogens with one attached hydrogen (secondary N) is 1. The van der Waals surface area contributed by atoms with Gasteiger partial charge >= 0.3 is 12.0 Å². The van der Waals surface area contributed by atoms with Crippen LogP contribution in [-0.4, -0.2) is 55.4 Å². The largest absolute Gasteiger partial charge is 0.481 e. The Labute approximate surface area is 114 Å². The second-order valence-electron chi connectivity index (χ2n) is 5.78. The number of hydrogen-bond acceptors (Lipinski definition) is 3. The average Bonchev–Trinajstić information content (AvgIpc) is 2.37. The minimum Gasteiger partial charge on any atom is -0.481 e. The summed E-state index contributed by atoms with van der Waals surface area (Å²) in [7, 11) is 1.73. The molecule has 1 heterocycles. The zero-order chi connectivity index (χ0) is 14.5. The van der Waals surface area contributed by atoms with Crippen LogP contribution in [0, 0.1) is 11.3 Å². The molecular formula is C13H24N2O4. The van der Waals surface area contributed by atoms with Gasteiger partial charge in [-0.2, -0.15) is 0 Å². The molecule has 1 saturated heterocycles. The normalized spacial score (nSPS) is 17.0. The molecule has 1 aliphatic heterocycles. The van der Waals surface area contributed by atoms with E-state index in [9.17, 15) is 9.59 Å². The lowest BCUT2D eigenvalue weighted by molar-refractivity contribution is -0.146. The van der Waals surface area contributed by atoms with Gasteiger partial charge in [-0.1, -0.05) is 0 Å². The van der Waals surface area contributed by atoms with Crippen LogP contribution in [0.15, 0.2) is 0 Å². The van der Waals surface area contributed by atoms with E-state index in [1.807, 2.05) is 0 Å². The molecule has 0 saturated carbocycles. The number of carbonyl (C=O) groups excluding carboxylic acids is 1. The quantitative estimate of drug-likeness (QED) is 0.787. The standard InChI is InChI=1S/C13H24N2O4/c1-13(2,11(16)17)9-14-12(18)15(3)8-10-4-6-19-7-5-10/h10H,4-9H2,1-3H3,(H,14,18)(H,16,17). The molecule has 2 N–H and O–H groups in total. The van der Waals surface area contributed by atoms with Gasteiger partial charge in [0.2, 0.25) is 0 Å². The Balaban J connectivity index is 2.34. The number of rotatable bonds is 5. The fourth-order valence-corrected chi connectivity index (χ4v) is 1.91. The molecule has 0 atom stereocenters.